The number of nitrogens with zero attached hydrogens (tertiary/aromatic N) is 1. The van der Waals surface area contributed by atoms with Gasteiger partial charge in [0, 0.05) is 24.0 Å². The maximum atomic E-state index is 5.60. The van der Waals surface area contributed by atoms with Crippen LogP contribution in [0.4, 0.5) is 0 Å². The van der Waals surface area contributed by atoms with Gasteiger partial charge in [-0.25, -0.2) is 0 Å². The van der Waals surface area contributed by atoms with Crippen LogP contribution < -0.4 is 5.73 Å². The summed E-state index contributed by atoms with van der Waals surface area (Å²) in [6, 6.07) is 4.75. The summed E-state index contributed by atoms with van der Waals surface area (Å²) in [5.74, 6) is 0. The van der Waals surface area contributed by atoms with Gasteiger partial charge >= 0.3 is 0 Å². The summed E-state index contributed by atoms with van der Waals surface area (Å²) < 4.78 is 1.21. The average Bonchev–Trinajstić information content (AvgIpc) is 2.59. The molecular weight excluding hydrogens is 260 g/mol. The Balaban J connectivity index is 2.33. The molecule has 0 radical (unpaired) electrons. The van der Waals surface area contributed by atoms with Crippen molar-refractivity contribution in [1.29, 1.82) is 0 Å². The third-order valence-electron chi connectivity index (χ3n) is 2.43. The standard InChI is InChI=1S/C10H17BrN2S/c1-8(7-12)13(2)6-5-9-3-4-10(11)14-9/h3-4,8H,5-7,12H2,1-2H3. The zero-order valence-electron chi connectivity index (χ0n) is 8.66. The third kappa shape index (κ3) is 3.69. The van der Waals surface area contributed by atoms with Crippen LogP contribution in [0.1, 0.15) is 11.8 Å². The van der Waals surface area contributed by atoms with E-state index in [0.29, 0.717) is 6.04 Å². The highest BCUT2D eigenvalue weighted by molar-refractivity contribution is 9.11. The first-order valence-corrected chi connectivity index (χ1v) is 6.39. The Morgan fingerprint density at radius 3 is 2.79 bits per heavy atom. The molecule has 0 aliphatic carbocycles. The molecule has 2 nitrogen and oxygen atoms in total. The number of likely N-dealkylation sites (N-methyl/N-ethyl adjacent to an activating group) is 1. The molecule has 0 aliphatic heterocycles. The molecule has 14 heavy (non-hydrogen) atoms. The minimum Gasteiger partial charge on any atom is -0.329 e. The van der Waals surface area contributed by atoms with E-state index >= 15 is 0 Å². The van der Waals surface area contributed by atoms with E-state index in [1.54, 1.807) is 0 Å². The monoisotopic (exact) mass is 276 g/mol. The summed E-state index contributed by atoms with van der Waals surface area (Å²) in [6.45, 7) is 3.96. The fourth-order valence-electron chi connectivity index (χ4n) is 1.17. The molecule has 1 unspecified atom stereocenters. The number of halogens is 1. The van der Waals surface area contributed by atoms with Crippen molar-refractivity contribution in [3.8, 4) is 0 Å². The summed E-state index contributed by atoms with van der Waals surface area (Å²) >= 11 is 5.27. The topological polar surface area (TPSA) is 29.3 Å². The fraction of sp³-hybridized carbons (Fsp3) is 0.600. The van der Waals surface area contributed by atoms with Crippen LogP contribution in [-0.4, -0.2) is 31.1 Å². The van der Waals surface area contributed by atoms with Gasteiger partial charge in [0.15, 0.2) is 0 Å². The van der Waals surface area contributed by atoms with Gasteiger partial charge < -0.3 is 10.6 Å². The second kappa shape index (κ2) is 5.85. The van der Waals surface area contributed by atoms with Crippen molar-refractivity contribution in [2.45, 2.75) is 19.4 Å². The van der Waals surface area contributed by atoms with Crippen molar-refractivity contribution in [3.05, 3.63) is 20.8 Å². The van der Waals surface area contributed by atoms with E-state index in [1.165, 1.54) is 8.66 Å². The molecule has 1 rings (SSSR count). The van der Waals surface area contributed by atoms with Crippen molar-refractivity contribution in [3.63, 3.8) is 0 Å². The molecule has 0 bridgehead atoms. The summed E-state index contributed by atoms with van der Waals surface area (Å²) in [4.78, 5) is 3.72. The van der Waals surface area contributed by atoms with Gasteiger partial charge in [0.2, 0.25) is 0 Å². The van der Waals surface area contributed by atoms with E-state index in [2.05, 4.69) is 46.9 Å². The Morgan fingerprint density at radius 2 is 2.29 bits per heavy atom. The minimum absolute atomic E-state index is 0.471. The predicted molar refractivity (Wildman–Crippen MR) is 66.9 cm³/mol. The Bertz CT molecular complexity index is 275. The number of nitrogens with two attached hydrogens (primary N) is 1. The molecule has 1 atom stereocenters. The molecule has 0 saturated heterocycles. The molecule has 0 fully saturated rings. The van der Waals surface area contributed by atoms with Crippen LogP contribution in [0.2, 0.25) is 0 Å². The van der Waals surface area contributed by atoms with E-state index in [1.807, 2.05) is 11.3 Å². The van der Waals surface area contributed by atoms with E-state index in [4.69, 9.17) is 5.73 Å². The molecular formula is C10H17BrN2S. The van der Waals surface area contributed by atoms with Crippen LogP contribution in [0.15, 0.2) is 15.9 Å². The maximum absolute atomic E-state index is 5.60. The molecule has 4 heteroatoms. The lowest BCUT2D eigenvalue weighted by molar-refractivity contribution is 0.267. The van der Waals surface area contributed by atoms with Crippen molar-refractivity contribution in [2.24, 2.45) is 5.73 Å². The quantitative estimate of drug-likeness (QED) is 0.895. The van der Waals surface area contributed by atoms with E-state index in [0.717, 1.165) is 19.5 Å². The Kier molecular flexibility index (Phi) is 5.09. The van der Waals surface area contributed by atoms with Crippen LogP contribution in [0.5, 0.6) is 0 Å². The summed E-state index contributed by atoms with van der Waals surface area (Å²) in [5, 5.41) is 0. The maximum Gasteiger partial charge on any atom is 0.0701 e. The highest BCUT2D eigenvalue weighted by atomic mass is 79.9. The molecule has 0 aliphatic rings. The molecule has 1 aromatic heterocycles. The molecule has 2 N–H and O–H groups in total. The zero-order valence-corrected chi connectivity index (χ0v) is 11.1. The summed E-state index contributed by atoms with van der Waals surface area (Å²) in [7, 11) is 2.13. The number of thiophene rings is 1. The lowest BCUT2D eigenvalue weighted by atomic mass is 10.2. The van der Waals surface area contributed by atoms with Crippen LogP contribution in [-0.2, 0) is 6.42 Å². The second-order valence-corrected chi connectivity index (χ2v) is 6.07. The van der Waals surface area contributed by atoms with Gasteiger partial charge in [0.05, 0.1) is 3.79 Å². The van der Waals surface area contributed by atoms with Gasteiger partial charge in [-0.2, -0.15) is 0 Å². The first-order valence-electron chi connectivity index (χ1n) is 4.78. The molecule has 1 heterocycles. The Labute approximate surface area is 98.2 Å². The number of hydrogen-bond acceptors (Lipinski definition) is 3. The first-order chi connectivity index (χ1) is 6.63. The van der Waals surface area contributed by atoms with Crippen LogP contribution in [0.3, 0.4) is 0 Å². The fourth-order valence-corrected chi connectivity index (χ4v) is 2.64. The lowest BCUT2D eigenvalue weighted by Gasteiger charge is -2.22. The SMILES string of the molecule is CC(CN)N(C)CCc1ccc(Br)s1. The van der Waals surface area contributed by atoms with E-state index in [9.17, 15) is 0 Å². The van der Waals surface area contributed by atoms with Crippen molar-refractivity contribution >= 4 is 27.3 Å². The number of rotatable bonds is 5. The minimum atomic E-state index is 0.471. The molecule has 0 amide bonds. The Hall–Kier alpha value is 0.1000. The van der Waals surface area contributed by atoms with Crippen LogP contribution in [0, 0.1) is 0 Å². The van der Waals surface area contributed by atoms with Gasteiger partial charge in [-0.1, -0.05) is 0 Å². The number of hydrogen-bond donors (Lipinski definition) is 1. The van der Waals surface area contributed by atoms with Crippen molar-refractivity contribution < 1.29 is 0 Å². The molecule has 0 spiro atoms. The van der Waals surface area contributed by atoms with Gasteiger partial charge in [-0.05, 0) is 48.5 Å². The van der Waals surface area contributed by atoms with E-state index in [-0.39, 0.29) is 0 Å². The average molecular weight is 277 g/mol. The summed E-state index contributed by atoms with van der Waals surface area (Å²) in [6.07, 6.45) is 1.11. The van der Waals surface area contributed by atoms with Crippen molar-refractivity contribution in [2.75, 3.05) is 20.1 Å². The summed E-state index contributed by atoms with van der Waals surface area (Å²) in [5.41, 5.74) is 5.60. The van der Waals surface area contributed by atoms with Crippen molar-refractivity contribution in [1.82, 2.24) is 4.90 Å². The normalized spacial score (nSPS) is 13.5. The largest absolute Gasteiger partial charge is 0.329 e. The molecule has 80 valence electrons. The Morgan fingerprint density at radius 1 is 1.57 bits per heavy atom. The lowest BCUT2D eigenvalue weighted by Crippen LogP contribution is -2.36. The molecule has 0 saturated carbocycles. The third-order valence-corrected chi connectivity index (χ3v) is 4.12. The van der Waals surface area contributed by atoms with Gasteiger partial charge in [0.1, 0.15) is 0 Å². The highest BCUT2D eigenvalue weighted by Crippen LogP contribution is 2.22. The van der Waals surface area contributed by atoms with Gasteiger partial charge in [0.25, 0.3) is 0 Å². The van der Waals surface area contributed by atoms with E-state index < -0.39 is 0 Å². The molecule has 1 aromatic rings. The van der Waals surface area contributed by atoms with Gasteiger partial charge in [-0.3, -0.25) is 0 Å². The molecule has 0 aromatic carbocycles. The smallest absolute Gasteiger partial charge is 0.0701 e. The van der Waals surface area contributed by atoms with Crippen LogP contribution >= 0.6 is 27.3 Å². The zero-order chi connectivity index (χ0) is 10.6. The first kappa shape index (κ1) is 12.2. The second-order valence-electron chi connectivity index (χ2n) is 3.52. The predicted octanol–water partition coefficient (Wildman–Crippen LogP) is 2.33. The highest BCUT2D eigenvalue weighted by Gasteiger charge is 2.07. The van der Waals surface area contributed by atoms with Gasteiger partial charge in [-0.15, -0.1) is 11.3 Å². The van der Waals surface area contributed by atoms with Crippen LogP contribution in [0.25, 0.3) is 0 Å².